The van der Waals surface area contributed by atoms with Crippen molar-refractivity contribution in [1.82, 2.24) is 4.90 Å². The van der Waals surface area contributed by atoms with Gasteiger partial charge in [-0.3, -0.25) is 25.0 Å². The summed E-state index contributed by atoms with van der Waals surface area (Å²) in [4.78, 5) is 37.3. The zero-order chi connectivity index (χ0) is 25.7. The number of nitrogens with zero attached hydrogens (tertiary/aromatic N) is 4. The predicted octanol–water partition coefficient (Wildman–Crippen LogP) is 4.72. The van der Waals surface area contributed by atoms with E-state index in [1.54, 1.807) is 36.4 Å². The second-order valence-electron chi connectivity index (χ2n) is 8.29. The van der Waals surface area contributed by atoms with E-state index in [9.17, 15) is 29.4 Å². The van der Waals surface area contributed by atoms with Gasteiger partial charge in [-0.05, 0) is 48.4 Å². The molecule has 1 saturated heterocycles. The number of benzene rings is 3. The molecule has 0 saturated carbocycles. The second kappa shape index (κ2) is 10.8. The van der Waals surface area contributed by atoms with Gasteiger partial charge in [0.15, 0.2) is 0 Å². The normalized spacial score (nSPS) is 13.4. The number of halogens is 1. The molecule has 1 aliphatic rings. The van der Waals surface area contributed by atoms with E-state index in [1.165, 1.54) is 12.1 Å². The van der Waals surface area contributed by atoms with Gasteiger partial charge < -0.3 is 14.5 Å². The van der Waals surface area contributed by atoms with Crippen LogP contribution in [0, 0.1) is 26.0 Å². The molecular weight excluding hydrogens is 471 g/mol. The first-order valence-electron chi connectivity index (χ1n) is 11.3. The maximum Gasteiger partial charge on any atom is 0.280 e. The molecule has 3 aromatic carbocycles. The number of rotatable bonds is 8. The van der Waals surface area contributed by atoms with Crippen LogP contribution in [-0.4, -0.2) is 46.8 Å². The lowest BCUT2D eigenvalue weighted by Crippen LogP contribution is -2.48. The molecule has 0 unspecified atom stereocenters. The first kappa shape index (κ1) is 24.6. The lowest BCUT2D eigenvalue weighted by molar-refractivity contribution is -0.394. The van der Waals surface area contributed by atoms with Crippen molar-refractivity contribution in [2.45, 2.75) is 12.8 Å². The van der Waals surface area contributed by atoms with Crippen molar-refractivity contribution in [3.63, 3.8) is 0 Å². The van der Waals surface area contributed by atoms with Gasteiger partial charge in [-0.2, -0.15) is 0 Å². The van der Waals surface area contributed by atoms with E-state index in [-0.39, 0.29) is 17.5 Å². The highest BCUT2D eigenvalue weighted by molar-refractivity contribution is 5.76. The fraction of sp³-hybridized carbons (Fsp3) is 0.240. The highest BCUT2D eigenvalue weighted by Crippen LogP contribution is 2.31. The number of non-ortho nitro benzene ring substituents is 2. The number of piperazine rings is 1. The molecule has 0 bridgehead atoms. The lowest BCUT2D eigenvalue weighted by Gasteiger charge is -2.36. The van der Waals surface area contributed by atoms with Crippen molar-refractivity contribution >= 4 is 23.0 Å². The Morgan fingerprint density at radius 1 is 0.833 bits per heavy atom. The fourth-order valence-electron chi connectivity index (χ4n) is 3.97. The summed E-state index contributed by atoms with van der Waals surface area (Å²) in [6, 6.07) is 16.3. The summed E-state index contributed by atoms with van der Waals surface area (Å²) < 4.78 is 18.7. The minimum atomic E-state index is -0.720. The molecule has 0 N–H and O–H groups in total. The summed E-state index contributed by atoms with van der Waals surface area (Å²) in [6.07, 6.45) is 0.868. The number of aryl methyl sites for hydroxylation is 1. The molecule has 0 aromatic heterocycles. The van der Waals surface area contributed by atoms with Gasteiger partial charge in [0, 0.05) is 38.3 Å². The Kier molecular flexibility index (Phi) is 7.38. The van der Waals surface area contributed by atoms with Gasteiger partial charge in [0.05, 0.1) is 28.0 Å². The highest BCUT2D eigenvalue weighted by atomic mass is 19.1. The Hall–Kier alpha value is -4.54. The first-order valence-corrected chi connectivity index (χ1v) is 11.3. The molecule has 0 aliphatic carbocycles. The van der Waals surface area contributed by atoms with E-state index in [1.807, 2.05) is 4.90 Å². The summed E-state index contributed by atoms with van der Waals surface area (Å²) in [5.41, 5.74) is 0.969. The summed E-state index contributed by atoms with van der Waals surface area (Å²) in [5.74, 6) is 0.119. The number of nitro groups is 2. The van der Waals surface area contributed by atoms with Gasteiger partial charge in [0.25, 0.3) is 11.4 Å². The number of ether oxygens (including phenoxy) is 1. The average Bonchev–Trinajstić information content (AvgIpc) is 2.88. The third-order valence-electron chi connectivity index (χ3n) is 5.91. The number of amides is 1. The van der Waals surface area contributed by atoms with Gasteiger partial charge in [0.1, 0.15) is 17.3 Å². The number of nitro benzene ring substituents is 2. The molecule has 1 fully saturated rings. The molecule has 3 aromatic rings. The third kappa shape index (κ3) is 6.12. The zero-order valence-electron chi connectivity index (χ0n) is 19.2. The third-order valence-corrected chi connectivity index (χ3v) is 5.91. The fourth-order valence-corrected chi connectivity index (χ4v) is 3.97. The monoisotopic (exact) mass is 494 g/mol. The zero-order valence-corrected chi connectivity index (χ0v) is 19.2. The van der Waals surface area contributed by atoms with Crippen LogP contribution in [0.25, 0.3) is 0 Å². The molecule has 10 nitrogen and oxygen atoms in total. The highest BCUT2D eigenvalue weighted by Gasteiger charge is 2.21. The molecule has 0 atom stereocenters. The lowest BCUT2D eigenvalue weighted by atomic mass is 10.1. The summed E-state index contributed by atoms with van der Waals surface area (Å²) in [5, 5.41) is 22.1. The molecule has 4 rings (SSSR count). The molecule has 36 heavy (non-hydrogen) atoms. The van der Waals surface area contributed by atoms with Crippen LogP contribution in [-0.2, 0) is 11.2 Å². The van der Waals surface area contributed by atoms with Crippen LogP contribution in [0.1, 0.15) is 12.0 Å². The van der Waals surface area contributed by atoms with E-state index in [0.29, 0.717) is 44.8 Å². The van der Waals surface area contributed by atoms with Crippen LogP contribution in [0.5, 0.6) is 11.5 Å². The largest absolute Gasteiger partial charge is 0.457 e. The molecule has 0 radical (unpaired) electrons. The van der Waals surface area contributed by atoms with E-state index in [2.05, 4.69) is 4.90 Å². The van der Waals surface area contributed by atoms with E-state index >= 15 is 0 Å². The minimum absolute atomic E-state index is 0.0152. The summed E-state index contributed by atoms with van der Waals surface area (Å²) in [6.45, 7) is 2.55. The van der Waals surface area contributed by atoms with Crippen LogP contribution in [0.2, 0.25) is 0 Å². The van der Waals surface area contributed by atoms with Crippen LogP contribution < -0.4 is 9.64 Å². The summed E-state index contributed by atoms with van der Waals surface area (Å²) >= 11 is 0. The average molecular weight is 494 g/mol. The second-order valence-corrected chi connectivity index (χ2v) is 8.29. The Bertz CT molecular complexity index is 1230. The van der Waals surface area contributed by atoms with Crippen molar-refractivity contribution in [1.29, 1.82) is 0 Å². The van der Waals surface area contributed by atoms with Crippen LogP contribution in [0.4, 0.5) is 21.5 Å². The molecule has 0 spiro atoms. The predicted molar refractivity (Wildman–Crippen MR) is 130 cm³/mol. The van der Waals surface area contributed by atoms with Crippen molar-refractivity contribution < 1.29 is 23.8 Å². The van der Waals surface area contributed by atoms with Crippen molar-refractivity contribution in [3.05, 3.63) is 98.3 Å². The topological polar surface area (TPSA) is 119 Å². The molecule has 1 heterocycles. The Labute approximate surface area is 205 Å². The first-order chi connectivity index (χ1) is 17.3. The standard InChI is InChI=1S/C25H23FN4O6/c26-19-4-6-20(7-5-19)27-11-13-28(14-12-27)25(31)10-3-18-1-8-23(9-2-18)36-24-16-21(29(32)33)15-22(17-24)30(34)35/h1-2,4-9,15-17H,3,10-14H2. The van der Waals surface area contributed by atoms with Gasteiger partial charge >= 0.3 is 0 Å². The van der Waals surface area contributed by atoms with Crippen LogP contribution >= 0.6 is 0 Å². The molecule has 1 aliphatic heterocycles. The maximum absolute atomic E-state index is 13.1. The van der Waals surface area contributed by atoms with Gasteiger partial charge in [-0.25, -0.2) is 4.39 Å². The van der Waals surface area contributed by atoms with Gasteiger partial charge in [-0.15, -0.1) is 0 Å². The Morgan fingerprint density at radius 3 is 1.97 bits per heavy atom. The number of hydrogen-bond donors (Lipinski definition) is 0. The van der Waals surface area contributed by atoms with E-state index < -0.39 is 21.2 Å². The Balaban J connectivity index is 1.29. The van der Waals surface area contributed by atoms with Crippen LogP contribution in [0.15, 0.2) is 66.7 Å². The smallest absolute Gasteiger partial charge is 0.280 e. The number of hydrogen-bond acceptors (Lipinski definition) is 7. The SMILES string of the molecule is O=C(CCc1ccc(Oc2cc([N+](=O)[O-])cc([N+](=O)[O-])c2)cc1)N1CCN(c2ccc(F)cc2)CC1. The number of anilines is 1. The van der Waals surface area contributed by atoms with Crippen molar-refractivity contribution in [2.24, 2.45) is 0 Å². The quantitative estimate of drug-likeness (QED) is 0.328. The number of carbonyl (C=O) groups excluding carboxylic acids is 1. The molecule has 11 heteroatoms. The minimum Gasteiger partial charge on any atom is -0.457 e. The molecular formula is C25H23FN4O6. The summed E-state index contributed by atoms with van der Waals surface area (Å²) in [7, 11) is 0. The van der Waals surface area contributed by atoms with Crippen molar-refractivity contribution in [2.75, 3.05) is 31.1 Å². The molecule has 1 amide bonds. The maximum atomic E-state index is 13.1. The number of carbonyl (C=O) groups is 1. The van der Waals surface area contributed by atoms with E-state index in [0.717, 1.165) is 29.4 Å². The molecule has 186 valence electrons. The van der Waals surface area contributed by atoms with Gasteiger partial charge in [-0.1, -0.05) is 12.1 Å². The van der Waals surface area contributed by atoms with Crippen LogP contribution in [0.3, 0.4) is 0 Å². The Morgan fingerprint density at radius 2 is 1.42 bits per heavy atom. The van der Waals surface area contributed by atoms with Crippen molar-refractivity contribution in [3.8, 4) is 11.5 Å². The van der Waals surface area contributed by atoms with E-state index in [4.69, 9.17) is 4.74 Å². The van der Waals surface area contributed by atoms with Gasteiger partial charge in [0.2, 0.25) is 5.91 Å².